The second-order valence-corrected chi connectivity index (χ2v) is 4.12. The van der Waals surface area contributed by atoms with Gasteiger partial charge in [-0.15, -0.1) is 0 Å². The Morgan fingerprint density at radius 1 is 1.28 bits per heavy atom. The molecule has 3 heterocycles. The lowest BCUT2D eigenvalue weighted by Crippen LogP contribution is -2.10. The zero-order valence-corrected chi connectivity index (χ0v) is 10.1. The van der Waals surface area contributed by atoms with Crippen LogP contribution in [0.2, 0.25) is 0 Å². The van der Waals surface area contributed by atoms with Gasteiger partial charge in [0.25, 0.3) is 0 Å². The molecule has 0 atom stereocenters. The van der Waals surface area contributed by atoms with Gasteiger partial charge in [-0.3, -0.25) is 0 Å². The average Bonchev–Trinajstić information content (AvgIpc) is 2.97. The van der Waals surface area contributed by atoms with Crippen LogP contribution in [0.15, 0.2) is 37.2 Å². The molecule has 1 N–H and O–H groups in total. The quantitative estimate of drug-likeness (QED) is 0.750. The number of hydrogen-bond acceptors (Lipinski definition) is 4. The summed E-state index contributed by atoms with van der Waals surface area (Å²) in [5, 5.41) is 7.67. The molecule has 3 aromatic heterocycles. The number of fused-ring (bicyclic) bond motifs is 1. The van der Waals surface area contributed by atoms with Crippen molar-refractivity contribution in [2.75, 3.05) is 11.9 Å². The molecule has 0 saturated carbocycles. The molecule has 0 aliphatic rings. The van der Waals surface area contributed by atoms with Crippen LogP contribution in [-0.2, 0) is 6.54 Å². The van der Waals surface area contributed by atoms with Gasteiger partial charge in [0, 0.05) is 37.9 Å². The van der Waals surface area contributed by atoms with E-state index in [1.165, 1.54) is 0 Å². The Hall–Kier alpha value is -2.37. The number of anilines is 1. The van der Waals surface area contributed by atoms with Crippen LogP contribution in [0.1, 0.15) is 5.69 Å². The summed E-state index contributed by atoms with van der Waals surface area (Å²) < 4.78 is 3.86. The maximum Gasteiger partial charge on any atom is 0.152 e. The van der Waals surface area contributed by atoms with Crippen molar-refractivity contribution >= 4 is 11.3 Å². The Bertz CT molecular complexity index is 640. The Morgan fingerprint density at radius 3 is 3.06 bits per heavy atom. The van der Waals surface area contributed by atoms with Gasteiger partial charge in [0.2, 0.25) is 0 Å². The van der Waals surface area contributed by atoms with Crippen LogP contribution in [0.3, 0.4) is 0 Å². The van der Waals surface area contributed by atoms with Crippen molar-refractivity contribution < 1.29 is 0 Å². The molecule has 0 aliphatic carbocycles. The van der Waals surface area contributed by atoms with Crippen LogP contribution < -0.4 is 5.32 Å². The van der Waals surface area contributed by atoms with E-state index in [2.05, 4.69) is 20.4 Å². The van der Waals surface area contributed by atoms with Gasteiger partial charge in [0.1, 0.15) is 5.52 Å². The fourth-order valence-corrected chi connectivity index (χ4v) is 1.90. The summed E-state index contributed by atoms with van der Waals surface area (Å²) in [6.07, 6.45) is 9.12. The maximum atomic E-state index is 4.35. The SMILES string of the molecule is Cc1cc2c(NCCn3ccnc3)nccn2n1. The first-order valence-electron chi connectivity index (χ1n) is 5.83. The molecule has 18 heavy (non-hydrogen) atoms. The van der Waals surface area contributed by atoms with Gasteiger partial charge >= 0.3 is 0 Å². The lowest BCUT2D eigenvalue weighted by Gasteiger charge is -2.07. The van der Waals surface area contributed by atoms with Crippen molar-refractivity contribution in [2.45, 2.75) is 13.5 Å². The molecule has 3 aromatic rings. The third-order valence-electron chi connectivity index (χ3n) is 2.73. The molecule has 3 rings (SSSR count). The van der Waals surface area contributed by atoms with Crippen LogP contribution >= 0.6 is 0 Å². The van der Waals surface area contributed by atoms with E-state index >= 15 is 0 Å². The standard InChI is InChI=1S/C12H14N6/c1-10-8-11-12(15-4-7-18(11)16-10)14-3-6-17-5-2-13-9-17/h2,4-5,7-9H,3,6H2,1H3,(H,14,15). The number of rotatable bonds is 4. The Kier molecular flexibility index (Phi) is 2.68. The highest BCUT2D eigenvalue weighted by Crippen LogP contribution is 2.14. The van der Waals surface area contributed by atoms with Gasteiger partial charge < -0.3 is 9.88 Å². The van der Waals surface area contributed by atoms with Crippen LogP contribution in [0, 0.1) is 6.92 Å². The van der Waals surface area contributed by atoms with Gasteiger partial charge in [-0.2, -0.15) is 5.10 Å². The smallest absolute Gasteiger partial charge is 0.152 e. The second kappa shape index (κ2) is 4.48. The predicted molar refractivity (Wildman–Crippen MR) is 68.4 cm³/mol. The van der Waals surface area contributed by atoms with Crippen molar-refractivity contribution in [2.24, 2.45) is 0 Å². The van der Waals surface area contributed by atoms with Gasteiger partial charge in [0.05, 0.1) is 12.0 Å². The highest BCUT2D eigenvalue weighted by atomic mass is 15.2. The van der Waals surface area contributed by atoms with Gasteiger partial charge in [-0.25, -0.2) is 14.5 Å². The molecule has 92 valence electrons. The van der Waals surface area contributed by atoms with E-state index in [9.17, 15) is 0 Å². The molecule has 0 spiro atoms. The zero-order chi connectivity index (χ0) is 12.4. The molecular weight excluding hydrogens is 228 g/mol. The lowest BCUT2D eigenvalue weighted by atomic mass is 10.4. The number of imidazole rings is 1. The molecule has 0 fully saturated rings. The lowest BCUT2D eigenvalue weighted by molar-refractivity contribution is 0.725. The van der Waals surface area contributed by atoms with Gasteiger partial charge in [-0.1, -0.05) is 0 Å². The summed E-state index contributed by atoms with van der Waals surface area (Å²) in [7, 11) is 0. The van der Waals surface area contributed by atoms with Crippen molar-refractivity contribution in [3.05, 3.63) is 42.9 Å². The monoisotopic (exact) mass is 242 g/mol. The highest BCUT2D eigenvalue weighted by molar-refractivity contribution is 5.67. The van der Waals surface area contributed by atoms with E-state index < -0.39 is 0 Å². The summed E-state index contributed by atoms with van der Waals surface area (Å²) in [5.41, 5.74) is 1.99. The highest BCUT2D eigenvalue weighted by Gasteiger charge is 2.04. The minimum absolute atomic E-state index is 0.799. The number of nitrogens with zero attached hydrogens (tertiary/aromatic N) is 5. The summed E-state index contributed by atoms with van der Waals surface area (Å²) in [4.78, 5) is 8.35. The van der Waals surface area contributed by atoms with Gasteiger partial charge in [-0.05, 0) is 13.0 Å². The first-order chi connectivity index (χ1) is 8.83. The minimum Gasteiger partial charge on any atom is -0.366 e. The molecule has 0 unspecified atom stereocenters. The molecule has 0 radical (unpaired) electrons. The van der Waals surface area contributed by atoms with Crippen molar-refractivity contribution in [1.82, 2.24) is 24.1 Å². The number of hydrogen-bond donors (Lipinski definition) is 1. The van der Waals surface area contributed by atoms with E-state index in [0.29, 0.717) is 0 Å². The Morgan fingerprint density at radius 2 is 2.22 bits per heavy atom. The first-order valence-corrected chi connectivity index (χ1v) is 5.83. The van der Waals surface area contributed by atoms with E-state index in [0.717, 1.165) is 30.1 Å². The van der Waals surface area contributed by atoms with Gasteiger partial charge in [0.15, 0.2) is 5.82 Å². The molecular formula is C12H14N6. The zero-order valence-electron chi connectivity index (χ0n) is 10.1. The van der Waals surface area contributed by atoms with E-state index in [-0.39, 0.29) is 0 Å². The predicted octanol–water partition coefficient (Wildman–Crippen LogP) is 1.35. The topological polar surface area (TPSA) is 60.0 Å². The maximum absolute atomic E-state index is 4.35. The molecule has 0 aromatic carbocycles. The fourth-order valence-electron chi connectivity index (χ4n) is 1.90. The fraction of sp³-hybridized carbons (Fsp3) is 0.250. The van der Waals surface area contributed by atoms with Crippen LogP contribution in [-0.4, -0.2) is 30.7 Å². The molecule has 6 heteroatoms. The van der Waals surface area contributed by atoms with Crippen molar-refractivity contribution in [1.29, 1.82) is 0 Å². The summed E-state index contributed by atoms with van der Waals surface area (Å²) in [5.74, 6) is 0.859. The normalized spacial score (nSPS) is 10.9. The third kappa shape index (κ3) is 2.04. The first kappa shape index (κ1) is 10.8. The molecule has 0 amide bonds. The van der Waals surface area contributed by atoms with E-state index in [1.807, 2.05) is 34.5 Å². The van der Waals surface area contributed by atoms with Crippen LogP contribution in [0.25, 0.3) is 5.52 Å². The van der Waals surface area contributed by atoms with E-state index in [1.54, 1.807) is 18.7 Å². The van der Waals surface area contributed by atoms with Crippen molar-refractivity contribution in [3.63, 3.8) is 0 Å². The Labute approximate surface area is 104 Å². The number of nitrogens with one attached hydrogen (secondary N) is 1. The molecule has 0 bridgehead atoms. The Balaban J connectivity index is 1.74. The summed E-state index contributed by atoms with van der Waals surface area (Å²) in [6, 6.07) is 2.02. The molecule has 0 aliphatic heterocycles. The largest absolute Gasteiger partial charge is 0.366 e. The van der Waals surface area contributed by atoms with Crippen LogP contribution in [0.5, 0.6) is 0 Å². The summed E-state index contributed by atoms with van der Waals surface area (Å²) in [6.45, 7) is 3.63. The second-order valence-electron chi connectivity index (χ2n) is 4.12. The van der Waals surface area contributed by atoms with E-state index in [4.69, 9.17) is 0 Å². The molecule has 0 saturated heterocycles. The molecule has 6 nitrogen and oxygen atoms in total. The minimum atomic E-state index is 0.799. The van der Waals surface area contributed by atoms with Crippen LogP contribution in [0.4, 0.5) is 5.82 Å². The van der Waals surface area contributed by atoms with Crippen molar-refractivity contribution in [3.8, 4) is 0 Å². The number of aromatic nitrogens is 5. The summed E-state index contributed by atoms with van der Waals surface area (Å²) >= 11 is 0. The number of aryl methyl sites for hydroxylation is 1. The third-order valence-corrected chi connectivity index (χ3v) is 2.73. The average molecular weight is 242 g/mol.